The van der Waals surface area contributed by atoms with Gasteiger partial charge in [-0.25, -0.2) is 0 Å². The van der Waals surface area contributed by atoms with Crippen molar-refractivity contribution < 1.29 is 19.0 Å². The molecule has 2 aliphatic heterocycles. The Balaban J connectivity index is 1.28. The number of carbonyl (C=O) groups is 1. The van der Waals surface area contributed by atoms with E-state index in [-0.39, 0.29) is 12.7 Å². The Morgan fingerprint density at radius 1 is 1.05 bits per heavy atom. The standard InChI is InChI=1S/C28H22BrN3O4S/c1-30-24(27(33)32(28(30)37)20-5-3-2-4-6-20)13-18-16-31(23-9-7-19(29)14-22(18)23)11-12-34-21-8-10-25-26(15-21)36-17-35-25/h2-10,13-16H,11-12,17H2,1H3/b24-13-. The molecule has 1 amide bonds. The van der Waals surface area contributed by atoms with Gasteiger partial charge in [0.2, 0.25) is 6.79 Å². The Morgan fingerprint density at radius 3 is 2.70 bits per heavy atom. The predicted molar refractivity (Wildman–Crippen MR) is 150 cm³/mol. The molecule has 1 aromatic heterocycles. The topological polar surface area (TPSA) is 56.2 Å². The maximum Gasteiger partial charge on any atom is 0.281 e. The first-order valence-electron chi connectivity index (χ1n) is 11.7. The number of thiocarbonyl (C=S) groups is 1. The zero-order valence-corrected chi connectivity index (χ0v) is 22.3. The smallest absolute Gasteiger partial charge is 0.281 e. The van der Waals surface area contributed by atoms with Crippen molar-refractivity contribution in [1.82, 2.24) is 9.47 Å². The third kappa shape index (κ3) is 4.34. The van der Waals surface area contributed by atoms with Crippen molar-refractivity contribution in [3.05, 3.63) is 88.7 Å². The maximum atomic E-state index is 13.4. The van der Waals surface area contributed by atoms with Crippen LogP contribution in [0.1, 0.15) is 5.56 Å². The van der Waals surface area contributed by atoms with Crippen LogP contribution in [0.3, 0.4) is 0 Å². The maximum absolute atomic E-state index is 13.4. The predicted octanol–water partition coefficient (Wildman–Crippen LogP) is 5.82. The first-order valence-corrected chi connectivity index (χ1v) is 12.9. The third-order valence-electron chi connectivity index (χ3n) is 6.39. The number of para-hydroxylation sites is 1. The molecule has 0 N–H and O–H groups in total. The highest BCUT2D eigenvalue weighted by Crippen LogP contribution is 2.35. The summed E-state index contributed by atoms with van der Waals surface area (Å²) in [4.78, 5) is 16.7. The summed E-state index contributed by atoms with van der Waals surface area (Å²) >= 11 is 9.20. The number of hydrogen-bond donors (Lipinski definition) is 0. The lowest BCUT2D eigenvalue weighted by Crippen LogP contribution is -2.30. The Hall–Kier alpha value is -3.82. The fourth-order valence-electron chi connectivity index (χ4n) is 4.53. The number of anilines is 1. The van der Waals surface area contributed by atoms with E-state index in [0.29, 0.717) is 29.7 Å². The lowest BCUT2D eigenvalue weighted by Gasteiger charge is -2.16. The van der Waals surface area contributed by atoms with Crippen molar-refractivity contribution in [2.75, 3.05) is 25.3 Å². The minimum Gasteiger partial charge on any atom is -0.492 e. The van der Waals surface area contributed by atoms with Crippen LogP contribution in [0, 0.1) is 0 Å². The second-order valence-electron chi connectivity index (χ2n) is 8.65. The summed E-state index contributed by atoms with van der Waals surface area (Å²) in [7, 11) is 1.82. The summed E-state index contributed by atoms with van der Waals surface area (Å²) in [5.41, 5.74) is 3.23. The second-order valence-corrected chi connectivity index (χ2v) is 9.93. The Labute approximate surface area is 227 Å². The van der Waals surface area contributed by atoms with Crippen molar-refractivity contribution in [3.8, 4) is 17.2 Å². The summed E-state index contributed by atoms with van der Waals surface area (Å²) in [5.74, 6) is 1.98. The summed E-state index contributed by atoms with van der Waals surface area (Å²) in [6.07, 6.45) is 3.95. The lowest BCUT2D eigenvalue weighted by atomic mass is 10.1. The Morgan fingerprint density at radius 2 is 1.86 bits per heavy atom. The number of likely N-dealkylation sites (N-methyl/N-ethyl adjacent to an activating group) is 1. The van der Waals surface area contributed by atoms with Gasteiger partial charge in [-0.2, -0.15) is 0 Å². The van der Waals surface area contributed by atoms with Gasteiger partial charge in [0.1, 0.15) is 18.1 Å². The third-order valence-corrected chi connectivity index (χ3v) is 7.34. The zero-order valence-electron chi connectivity index (χ0n) is 19.9. The highest BCUT2D eigenvalue weighted by molar-refractivity contribution is 9.10. The van der Waals surface area contributed by atoms with Crippen LogP contribution in [0.5, 0.6) is 17.2 Å². The van der Waals surface area contributed by atoms with Crippen LogP contribution in [0.25, 0.3) is 17.0 Å². The number of aromatic nitrogens is 1. The minimum atomic E-state index is -0.152. The van der Waals surface area contributed by atoms with Gasteiger partial charge >= 0.3 is 0 Å². The number of hydrogen-bond acceptors (Lipinski definition) is 5. The zero-order chi connectivity index (χ0) is 25.5. The fourth-order valence-corrected chi connectivity index (χ4v) is 5.18. The molecule has 37 heavy (non-hydrogen) atoms. The number of benzene rings is 3. The molecule has 0 aliphatic carbocycles. The van der Waals surface area contributed by atoms with E-state index in [1.54, 1.807) is 9.80 Å². The first kappa shape index (κ1) is 23.6. The van der Waals surface area contributed by atoms with E-state index in [9.17, 15) is 4.79 Å². The average molecular weight is 576 g/mol. The van der Waals surface area contributed by atoms with Crippen LogP contribution in [0.15, 0.2) is 83.1 Å². The van der Waals surface area contributed by atoms with Crippen LogP contribution >= 0.6 is 28.1 Å². The average Bonchev–Trinajstić information content (AvgIpc) is 3.56. The van der Waals surface area contributed by atoms with Gasteiger partial charge in [-0.15, -0.1) is 0 Å². The number of carbonyl (C=O) groups excluding carboxylic acids is 1. The number of amides is 1. The van der Waals surface area contributed by atoms with E-state index in [1.165, 1.54) is 0 Å². The van der Waals surface area contributed by atoms with Crippen LogP contribution < -0.4 is 19.1 Å². The molecule has 0 radical (unpaired) electrons. The summed E-state index contributed by atoms with van der Waals surface area (Å²) in [6, 6.07) is 21.1. The highest BCUT2D eigenvalue weighted by Gasteiger charge is 2.36. The molecule has 0 saturated carbocycles. The lowest BCUT2D eigenvalue weighted by molar-refractivity contribution is -0.114. The summed E-state index contributed by atoms with van der Waals surface area (Å²) in [5, 5.41) is 1.47. The van der Waals surface area contributed by atoms with E-state index in [4.69, 9.17) is 26.4 Å². The number of ether oxygens (including phenoxy) is 3. The van der Waals surface area contributed by atoms with Crippen molar-refractivity contribution in [1.29, 1.82) is 0 Å². The largest absolute Gasteiger partial charge is 0.492 e. The molecule has 1 saturated heterocycles. The van der Waals surface area contributed by atoms with E-state index in [0.717, 1.165) is 38.1 Å². The Bertz CT molecular complexity index is 1570. The van der Waals surface area contributed by atoms with Crippen molar-refractivity contribution in [3.63, 3.8) is 0 Å². The van der Waals surface area contributed by atoms with Crippen molar-refractivity contribution in [2.24, 2.45) is 0 Å². The van der Waals surface area contributed by atoms with Crippen LogP contribution in [0.4, 0.5) is 5.69 Å². The van der Waals surface area contributed by atoms with Gasteiger partial charge < -0.3 is 23.7 Å². The molecule has 2 aliphatic rings. The molecule has 9 heteroatoms. The van der Waals surface area contributed by atoms with Gasteiger partial charge in [0.25, 0.3) is 5.91 Å². The van der Waals surface area contributed by atoms with Gasteiger partial charge in [-0.05, 0) is 60.8 Å². The molecular formula is C28H22BrN3O4S. The molecule has 0 unspecified atom stereocenters. The molecule has 7 nitrogen and oxygen atoms in total. The number of fused-ring (bicyclic) bond motifs is 2. The number of nitrogens with zero attached hydrogens (tertiary/aromatic N) is 3. The Kier molecular flexibility index (Phi) is 6.10. The summed E-state index contributed by atoms with van der Waals surface area (Å²) in [6.45, 7) is 1.31. The van der Waals surface area contributed by atoms with E-state index in [2.05, 4.69) is 32.6 Å². The molecule has 186 valence electrons. The van der Waals surface area contributed by atoms with Gasteiger partial charge in [0.05, 0.1) is 12.2 Å². The van der Waals surface area contributed by atoms with Crippen LogP contribution in [-0.2, 0) is 11.3 Å². The normalized spacial score (nSPS) is 15.9. The van der Waals surface area contributed by atoms with Gasteiger partial charge in [-0.3, -0.25) is 9.69 Å². The highest BCUT2D eigenvalue weighted by atomic mass is 79.9. The van der Waals surface area contributed by atoms with Crippen LogP contribution in [0.2, 0.25) is 0 Å². The monoisotopic (exact) mass is 575 g/mol. The SMILES string of the molecule is CN1C(=S)N(c2ccccc2)C(=O)/C1=C/c1cn(CCOc2ccc3c(c2)OCO3)c2ccc(Br)cc12. The molecule has 0 bridgehead atoms. The van der Waals surface area contributed by atoms with E-state index >= 15 is 0 Å². The van der Waals surface area contributed by atoms with Gasteiger partial charge in [-0.1, -0.05) is 34.1 Å². The molecule has 3 heterocycles. The molecule has 3 aromatic carbocycles. The fraction of sp³-hybridized carbons (Fsp3) is 0.143. The molecular weight excluding hydrogens is 554 g/mol. The number of halogens is 1. The second kappa shape index (κ2) is 9.57. The first-order chi connectivity index (χ1) is 18.0. The molecule has 0 spiro atoms. The minimum absolute atomic E-state index is 0.152. The molecule has 0 atom stereocenters. The van der Waals surface area contributed by atoms with Gasteiger partial charge in [0, 0.05) is 40.2 Å². The number of rotatable bonds is 6. The summed E-state index contributed by atoms with van der Waals surface area (Å²) < 4.78 is 19.9. The quantitative estimate of drug-likeness (QED) is 0.213. The molecule has 1 fully saturated rings. The van der Waals surface area contributed by atoms with E-state index < -0.39 is 0 Å². The van der Waals surface area contributed by atoms with E-state index in [1.807, 2.05) is 73.9 Å². The van der Waals surface area contributed by atoms with Gasteiger partial charge in [0.15, 0.2) is 16.6 Å². The molecule has 6 rings (SSSR count). The molecule has 4 aromatic rings. The van der Waals surface area contributed by atoms with Crippen molar-refractivity contribution in [2.45, 2.75) is 6.54 Å². The van der Waals surface area contributed by atoms with Crippen LogP contribution in [-0.4, -0.2) is 40.9 Å². The van der Waals surface area contributed by atoms with Crippen molar-refractivity contribution >= 4 is 61.8 Å².